The smallest absolute Gasteiger partial charge is 0.258 e. The Morgan fingerprint density at radius 2 is 2.12 bits per heavy atom. The van der Waals surface area contributed by atoms with E-state index in [2.05, 4.69) is 18.0 Å². The number of halogens is 2. The van der Waals surface area contributed by atoms with Gasteiger partial charge >= 0.3 is 0 Å². The van der Waals surface area contributed by atoms with Crippen LogP contribution in [0.4, 0.5) is 0 Å². The summed E-state index contributed by atoms with van der Waals surface area (Å²) in [4.78, 5) is 17.4. The Morgan fingerprint density at radius 1 is 1.36 bits per heavy atom. The second-order valence-electron chi connectivity index (χ2n) is 6.88. The number of aryl methyl sites for hydroxylation is 1. The number of hydrogen-bond donors (Lipinski definition) is 1. The highest BCUT2D eigenvalue weighted by molar-refractivity contribution is 6.43. The minimum absolute atomic E-state index is 0.141. The van der Waals surface area contributed by atoms with Crippen molar-refractivity contribution in [3.8, 4) is 5.69 Å². The molecule has 1 atom stereocenters. The summed E-state index contributed by atoms with van der Waals surface area (Å²) >= 11 is 12.3. The Bertz CT molecular complexity index is 904. The van der Waals surface area contributed by atoms with Crippen molar-refractivity contribution >= 4 is 28.8 Å². The Morgan fingerprint density at radius 3 is 2.72 bits per heavy atom. The van der Waals surface area contributed by atoms with Gasteiger partial charge in [0.2, 0.25) is 0 Å². The molecule has 0 saturated carbocycles. The van der Waals surface area contributed by atoms with E-state index in [9.17, 15) is 4.79 Å². The predicted octanol–water partition coefficient (Wildman–Crippen LogP) is 4.38. The zero-order valence-corrected chi connectivity index (χ0v) is 15.9. The maximum atomic E-state index is 12.7. The van der Waals surface area contributed by atoms with Crippen molar-refractivity contribution in [2.75, 3.05) is 6.54 Å². The van der Waals surface area contributed by atoms with E-state index in [0.717, 1.165) is 30.5 Å². The van der Waals surface area contributed by atoms with Crippen LogP contribution in [0.5, 0.6) is 0 Å². The largest absolute Gasteiger partial charge is 0.330 e. The molecule has 4 nitrogen and oxygen atoms in total. The summed E-state index contributed by atoms with van der Waals surface area (Å²) in [5, 5.41) is 0.755. The van der Waals surface area contributed by atoms with Gasteiger partial charge in [-0.2, -0.15) is 0 Å². The van der Waals surface area contributed by atoms with Crippen molar-refractivity contribution in [3.05, 3.63) is 62.3 Å². The molecule has 1 aliphatic carbocycles. The lowest BCUT2D eigenvalue weighted by Gasteiger charge is -2.31. The van der Waals surface area contributed by atoms with E-state index in [-0.39, 0.29) is 11.0 Å². The van der Waals surface area contributed by atoms with Crippen molar-refractivity contribution in [2.24, 2.45) is 11.1 Å². The molecule has 0 saturated heterocycles. The van der Waals surface area contributed by atoms with Gasteiger partial charge in [-0.25, -0.2) is 4.98 Å². The highest BCUT2D eigenvalue weighted by Gasteiger charge is 2.26. The number of rotatable bonds is 3. The van der Waals surface area contributed by atoms with Gasteiger partial charge in [0.15, 0.2) is 0 Å². The third-order valence-electron chi connectivity index (χ3n) is 4.92. The quantitative estimate of drug-likeness (QED) is 0.862. The molecule has 0 aliphatic heterocycles. The molecule has 0 radical (unpaired) electrons. The first-order valence-electron chi connectivity index (χ1n) is 8.29. The van der Waals surface area contributed by atoms with E-state index in [1.807, 2.05) is 0 Å². The van der Waals surface area contributed by atoms with Crippen molar-refractivity contribution in [3.63, 3.8) is 0 Å². The molecule has 1 aromatic heterocycles. The van der Waals surface area contributed by atoms with Crippen LogP contribution in [0.3, 0.4) is 0 Å². The van der Waals surface area contributed by atoms with Gasteiger partial charge in [0.1, 0.15) is 5.82 Å². The Kier molecular flexibility index (Phi) is 5.05. The monoisotopic (exact) mass is 377 g/mol. The van der Waals surface area contributed by atoms with Gasteiger partial charge < -0.3 is 5.73 Å². The van der Waals surface area contributed by atoms with Crippen LogP contribution in [0.1, 0.15) is 37.7 Å². The molecule has 25 heavy (non-hydrogen) atoms. The van der Waals surface area contributed by atoms with E-state index in [4.69, 9.17) is 28.9 Å². The second-order valence-corrected chi connectivity index (χ2v) is 7.67. The molecular formula is C19H21Cl2N3O. The Labute approximate surface area is 157 Å². The van der Waals surface area contributed by atoms with Gasteiger partial charge in [-0.05, 0) is 55.9 Å². The number of hydrogen-bond acceptors (Lipinski definition) is 3. The highest BCUT2D eigenvalue weighted by Crippen LogP contribution is 2.37. The molecule has 1 unspecified atom stereocenters. The number of allylic oxidation sites excluding steroid dienone is 2. The standard InChI is InChI=1S/C19H21Cl2N3O/c1-12-23-15(13-6-8-19(2,11-22)9-7-13)10-17(25)24(12)16-5-3-4-14(20)18(16)21/h3-6,10H,7-9,11,22H2,1-2H3. The predicted molar refractivity (Wildman–Crippen MR) is 104 cm³/mol. The first-order valence-corrected chi connectivity index (χ1v) is 9.05. The number of nitrogens with zero attached hydrogens (tertiary/aromatic N) is 2. The molecule has 0 bridgehead atoms. The Balaban J connectivity index is 2.02. The molecule has 3 rings (SSSR count). The van der Waals surface area contributed by atoms with Crippen molar-refractivity contribution in [1.29, 1.82) is 0 Å². The van der Waals surface area contributed by atoms with Gasteiger partial charge in [-0.1, -0.05) is 42.3 Å². The molecule has 1 heterocycles. The summed E-state index contributed by atoms with van der Waals surface area (Å²) in [6.07, 6.45) is 4.94. The average molecular weight is 378 g/mol. The average Bonchev–Trinajstić information content (AvgIpc) is 2.58. The zero-order valence-electron chi connectivity index (χ0n) is 14.4. The topological polar surface area (TPSA) is 60.9 Å². The molecule has 0 amide bonds. The second kappa shape index (κ2) is 6.94. The van der Waals surface area contributed by atoms with Crippen molar-refractivity contribution in [1.82, 2.24) is 9.55 Å². The van der Waals surface area contributed by atoms with E-state index in [0.29, 0.717) is 28.1 Å². The molecular weight excluding hydrogens is 357 g/mol. The zero-order chi connectivity index (χ0) is 18.2. The van der Waals surface area contributed by atoms with E-state index >= 15 is 0 Å². The summed E-state index contributed by atoms with van der Waals surface area (Å²) in [6.45, 7) is 4.66. The molecule has 1 aliphatic rings. The Hall–Kier alpha value is -1.62. The van der Waals surface area contributed by atoms with Gasteiger partial charge in [0.05, 0.1) is 21.4 Å². The van der Waals surface area contributed by atoms with E-state index in [1.54, 1.807) is 31.2 Å². The van der Waals surface area contributed by atoms with E-state index in [1.165, 1.54) is 4.57 Å². The lowest BCUT2D eigenvalue weighted by atomic mass is 9.76. The fourth-order valence-corrected chi connectivity index (χ4v) is 3.53. The number of aromatic nitrogens is 2. The molecule has 1 aromatic carbocycles. The number of nitrogens with two attached hydrogens (primary N) is 1. The number of benzene rings is 1. The van der Waals surface area contributed by atoms with Crippen LogP contribution >= 0.6 is 23.2 Å². The van der Waals surface area contributed by atoms with Gasteiger partial charge in [0.25, 0.3) is 5.56 Å². The van der Waals surface area contributed by atoms with Gasteiger partial charge in [0, 0.05) is 6.07 Å². The summed E-state index contributed by atoms with van der Waals surface area (Å²) in [6, 6.07) is 6.79. The third-order valence-corrected chi connectivity index (χ3v) is 5.73. The first-order chi connectivity index (χ1) is 11.8. The lowest BCUT2D eigenvalue weighted by molar-refractivity contribution is 0.307. The lowest BCUT2D eigenvalue weighted by Crippen LogP contribution is -2.29. The molecule has 2 N–H and O–H groups in total. The fourth-order valence-electron chi connectivity index (χ4n) is 3.15. The van der Waals surface area contributed by atoms with Gasteiger partial charge in [-0.3, -0.25) is 9.36 Å². The summed E-state index contributed by atoms with van der Waals surface area (Å²) in [7, 11) is 0. The fraction of sp³-hybridized carbons (Fsp3) is 0.368. The van der Waals surface area contributed by atoms with Crippen molar-refractivity contribution in [2.45, 2.75) is 33.1 Å². The maximum Gasteiger partial charge on any atom is 0.258 e. The van der Waals surface area contributed by atoms with Crippen LogP contribution in [-0.4, -0.2) is 16.1 Å². The SMILES string of the molecule is Cc1nc(C2=CCC(C)(CN)CC2)cc(=O)n1-c1cccc(Cl)c1Cl. The van der Waals surface area contributed by atoms with Crippen molar-refractivity contribution < 1.29 is 0 Å². The molecule has 0 spiro atoms. The molecule has 0 fully saturated rings. The summed E-state index contributed by atoms with van der Waals surface area (Å²) in [5.41, 5.74) is 8.22. The normalized spacial score (nSPS) is 20.4. The minimum atomic E-state index is -0.167. The van der Waals surface area contributed by atoms with Crippen LogP contribution in [0.15, 0.2) is 35.1 Å². The first kappa shape index (κ1) is 18.2. The molecule has 132 valence electrons. The minimum Gasteiger partial charge on any atom is -0.330 e. The van der Waals surface area contributed by atoms with Crippen LogP contribution in [0, 0.1) is 12.3 Å². The van der Waals surface area contributed by atoms with Crippen LogP contribution in [0.25, 0.3) is 11.3 Å². The van der Waals surface area contributed by atoms with Crippen LogP contribution in [0.2, 0.25) is 10.0 Å². The highest BCUT2D eigenvalue weighted by atomic mass is 35.5. The van der Waals surface area contributed by atoms with Gasteiger partial charge in [-0.15, -0.1) is 0 Å². The molecule has 2 aromatic rings. The maximum absolute atomic E-state index is 12.7. The van der Waals surface area contributed by atoms with E-state index < -0.39 is 0 Å². The summed E-state index contributed by atoms with van der Waals surface area (Å²) < 4.78 is 1.49. The third kappa shape index (κ3) is 3.52. The molecule has 6 heteroatoms. The van der Waals surface area contributed by atoms with Crippen LogP contribution < -0.4 is 11.3 Å². The summed E-state index contributed by atoms with van der Waals surface area (Å²) in [5.74, 6) is 0.583. The van der Waals surface area contributed by atoms with Crippen LogP contribution in [-0.2, 0) is 0 Å².